The number of carbonyl (C=O) groups is 3. The molecule has 3 amide bonds. The van der Waals surface area contributed by atoms with Crippen LogP contribution in [-0.2, 0) is 9.53 Å². The van der Waals surface area contributed by atoms with Gasteiger partial charge in [-0.2, -0.15) is 0 Å². The van der Waals surface area contributed by atoms with Crippen molar-refractivity contribution in [1.29, 1.82) is 0 Å². The van der Waals surface area contributed by atoms with Crippen molar-refractivity contribution < 1.29 is 19.1 Å². The number of ether oxygens (including phenoxy) is 1. The Kier molecular flexibility index (Phi) is 4.94. The largest absolute Gasteiger partial charge is 0.452 e. The second kappa shape index (κ2) is 6.23. The number of hydrogen-bond acceptors (Lipinski definition) is 4. The van der Waals surface area contributed by atoms with Crippen LogP contribution in [0.2, 0.25) is 10.0 Å². The summed E-state index contributed by atoms with van der Waals surface area (Å²) in [6, 6.07) is 3.19. The van der Waals surface area contributed by atoms with Gasteiger partial charge in [0, 0.05) is 5.02 Å². The summed E-state index contributed by atoms with van der Waals surface area (Å²) in [4.78, 5) is 32.9. The lowest BCUT2D eigenvalue weighted by Gasteiger charge is -2.06. The van der Waals surface area contributed by atoms with Crippen molar-refractivity contribution >= 4 is 41.1 Å². The van der Waals surface area contributed by atoms with E-state index in [1.165, 1.54) is 18.2 Å². The fourth-order valence-electron chi connectivity index (χ4n) is 1.04. The van der Waals surface area contributed by atoms with Gasteiger partial charge in [-0.05, 0) is 18.2 Å². The van der Waals surface area contributed by atoms with Gasteiger partial charge in [-0.3, -0.25) is 10.1 Å². The number of halogens is 2. The Morgan fingerprint density at radius 1 is 1.28 bits per heavy atom. The molecule has 0 aromatic heterocycles. The maximum Gasteiger partial charge on any atom is 0.340 e. The van der Waals surface area contributed by atoms with Crippen molar-refractivity contribution in [2.75, 3.05) is 6.61 Å². The molecular formula is C10H8Cl2N2O4. The van der Waals surface area contributed by atoms with Gasteiger partial charge < -0.3 is 10.5 Å². The maximum absolute atomic E-state index is 11.5. The Labute approximate surface area is 112 Å². The maximum atomic E-state index is 11.5. The van der Waals surface area contributed by atoms with Gasteiger partial charge in [0.05, 0.1) is 10.6 Å². The number of imide groups is 1. The van der Waals surface area contributed by atoms with E-state index in [-0.39, 0.29) is 10.6 Å². The molecule has 1 aromatic carbocycles. The standard InChI is InChI=1S/C10H8Cl2N2O4/c11-5-1-2-7(12)6(3-5)9(16)18-4-8(15)14-10(13)17/h1-3H,4H2,(H3,13,14,15,17). The molecule has 0 saturated carbocycles. The minimum Gasteiger partial charge on any atom is -0.452 e. The van der Waals surface area contributed by atoms with E-state index in [1.807, 2.05) is 0 Å². The normalized spacial score (nSPS) is 9.67. The van der Waals surface area contributed by atoms with Gasteiger partial charge in [0.2, 0.25) is 0 Å². The molecule has 18 heavy (non-hydrogen) atoms. The van der Waals surface area contributed by atoms with E-state index in [4.69, 9.17) is 28.9 Å². The monoisotopic (exact) mass is 290 g/mol. The van der Waals surface area contributed by atoms with Crippen molar-refractivity contribution in [1.82, 2.24) is 5.32 Å². The molecule has 0 aliphatic carbocycles. The average Bonchev–Trinajstić information content (AvgIpc) is 2.28. The molecule has 1 rings (SSSR count). The lowest BCUT2D eigenvalue weighted by Crippen LogP contribution is -2.37. The fourth-order valence-corrected chi connectivity index (χ4v) is 1.40. The summed E-state index contributed by atoms with van der Waals surface area (Å²) in [5.74, 6) is -1.67. The SMILES string of the molecule is NC(=O)NC(=O)COC(=O)c1cc(Cl)ccc1Cl. The van der Waals surface area contributed by atoms with Gasteiger partial charge in [-0.25, -0.2) is 9.59 Å². The first-order chi connectivity index (χ1) is 8.40. The minimum absolute atomic E-state index is 0.0241. The highest BCUT2D eigenvalue weighted by atomic mass is 35.5. The van der Waals surface area contributed by atoms with E-state index in [0.717, 1.165) is 0 Å². The Hall–Kier alpha value is -1.79. The van der Waals surface area contributed by atoms with Gasteiger partial charge in [0.15, 0.2) is 6.61 Å². The molecule has 0 bridgehead atoms. The first-order valence-corrected chi connectivity index (χ1v) is 5.37. The third kappa shape index (κ3) is 4.23. The van der Waals surface area contributed by atoms with Crippen molar-refractivity contribution in [3.63, 3.8) is 0 Å². The van der Waals surface area contributed by atoms with Crippen LogP contribution in [0.3, 0.4) is 0 Å². The van der Waals surface area contributed by atoms with Crippen LogP contribution >= 0.6 is 23.2 Å². The highest BCUT2D eigenvalue weighted by Gasteiger charge is 2.14. The topological polar surface area (TPSA) is 98.5 Å². The van der Waals surface area contributed by atoms with Crippen LogP contribution in [0.1, 0.15) is 10.4 Å². The molecule has 0 unspecified atom stereocenters. The van der Waals surface area contributed by atoms with E-state index in [1.54, 1.807) is 5.32 Å². The first kappa shape index (κ1) is 14.3. The summed E-state index contributed by atoms with van der Waals surface area (Å²) in [6.45, 7) is -0.648. The molecule has 0 heterocycles. The van der Waals surface area contributed by atoms with Crippen LogP contribution in [0.25, 0.3) is 0 Å². The Morgan fingerprint density at radius 2 is 1.94 bits per heavy atom. The summed E-state index contributed by atoms with van der Waals surface area (Å²) in [6.07, 6.45) is 0. The highest BCUT2D eigenvalue weighted by molar-refractivity contribution is 6.35. The lowest BCUT2D eigenvalue weighted by atomic mass is 10.2. The quantitative estimate of drug-likeness (QED) is 0.821. The number of hydrogen-bond donors (Lipinski definition) is 2. The van der Waals surface area contributed by atoms with E-state index in [2.05, 4.69) is 4.74 Å². The molecule has 96 valence electrons. The van der Waals surface area contributed by atoms with Gasteiger partial charge in [0.1, 0.15) is 0 Å². The molecule has 0 saturated heterocycles. The van der Waals surface area contributed by atoms with Crippen LogP contribution < -0.4 is 11.1 Å². The van der Waals surface area contributed by atoms with Gasteiger partial charge >= 0.3 is 12.0 Å². The van der Waals surface area contributed by atoms with Crippen LogP contribution in [-0.4, -0.2) is 24.5 Å². The summed E-state index contributed by atoms with van der Waals surface area (Å²) in [5.41, 5.74) is 4.73. The predicted molar refractivity (Wildman–Crippen MR) is 64.5 cm³/mol. The first-order valence-electron chi connectivity index (χ1n) is 4.61. The Morgan fingerprint density at radius 3 is 2.56 bits per heavy atom. The number of benzene rings is 1. The summed E-state index contributed by atoms with van der Waals surface area (Å²) >= 11 is 11.4. The zero-order valence-corrected chi connectivity index (χ0v) is 10.4. The molecule has 1 aromatic rings. The van der Waals surface area contributed by atoms with E-state index in [9.17, 15) is 14.4 Å². The molecule has 0 aliphatic rings. The van der Waals surface area contributed by atoms with Crippen LogP contribution in [0.4, 0.5) is 4.79 Å². The lowest BCUT2D eigenvalue weighted by molar-refractivity contribution is -0.123. The summed E-state index contributed by atoms with van der Waals surface area (Å²) in [7, 11) is 0. The molecule has 8 heteroatoms. The molecule has 3 N–H and O–H groups in total. The van der Waals surface area contributed by atoms with Gasteiger partial charge in [-0.1, -0.05) is 23.2 Å². The Bertz CT molecular complexity index is 505. The van der Waals surface area contributed by atoms with Gasteiger partial charge in [0.25, 0.3) is 5.91 Å². The second-order valence-electron chi connectivity index (χ2n) is 3.11. The smallest absolute Gasteiger partial charge is 0.340 e. The number of nitrogens with two attached hydrogens (primary N) is 1. The van der Waals surface area contributed by atoms with Gasteiger partial charge in [-0.15, -0.1) is 0 Å². The molecule has 0 aliphatic heterocycles. The molecule has 0 radical (unpaired) electrons. The van der Waals surface area contributed by atoms with Crippen LogP contribution in [0.15, 0.2) is 18.2 Å². The zero-order valence-electron chi connectivity index (χ0n) is 8.91. The summed E-state index contributed by atoms with van der Waals surface area (Å²) in [5, 5.41) is 2.18. The number of amides is 3. The Balaban J connectivity index is 2.63. The highest BCUT2D eigenvalue weighted by Crippen LogP contribution is 2.21. The van der Waals surface area contributed by atoms with Crippen LogP contribution in [0, 0.1) is 0 Å². The molecule has 0 atom stereocenters. The van der Waals surface area contributed by atoms with Crippen molar-refractivity contribution in [3.05, 3.63) is 33.8 Å². The molecular weight excluding hydrogens is 283 g/mol. The third-order valence-electron chi connectivity index (χ3n) is 1.75. The zero-order chi connectivity index (χ0) is 13.7. The molecule has 6 nitrogen and oxygen atoms in total. The minimum atomic E-state index is -1.03. The average molecular weight is 291 g/mol. The number of rotatable bonds is 3. The fraction of sp³-hybridized carbons (Fsp3) is 0.100. The predicted octanol–water partition coefficient (Wildman–Crippen LogP) is 1.35. The number of primary amides is 1. The number of nitrogens with one attached hydrogen (secondary N) is 1. The van der Waals surface area contributed by atoms with Crippen molar-refractivity contribution in [3.8, 4) is 0 Å². The molecule has 0 spiro atoms. The number of carbonyl (C=O) groups excluding carboxylic acids is 3. The second-order valence-corrected chi connectivity index (χ2v) is 3.96. The molecule has 0 fully saturated rings. The van der Waals surface area contributed by atoms with Crippen molar-refractivity contribution in [2.45, 2.75) is 0 Å². The van der Waals surface area contributed by atoms with Crippen LogP contribution in [0.5, 0.6) is 0 Å². The van der Waals surface area contributed by atoms with E-state index >= 15 is 0 Å². The third-order valence-corrected chi connectivity index (χ3v) is 2.31. The van der Waals surface area contributed by atoms with E-state index in [0.29, 0.717) is 5.02 Å². The summed E-state index contributed by atoms with van der Waals surface area (Å²) < 4.78 is 4.62. The van der Waals surface area contributed by atoms with E-state index < -0.39 is 24.5 Å². The number of esters is 1. The number of urea groups is 1. The van der Waals surface area contributed by atoms with Crippen molar-refractivity contribution in [2.24, 2.45) is 5.73 Å².